The van der Waals surface area contributed by atoms with E-state index in [1.54, 1.807) is 0 Å². The molecule has 0 atom stereocenters. The summed E-state index contributed by atoms with van der Waals surface area (Å²) in [4.78, 5) is 4.41. The summed E-state index contributed by atoms with van der Waals surface area (Å²) >= 11 is 3.48. The van der Waals surface area contributed by atoms with Crippen LogP contribution in [0.3, 0.4) is 0 Å². The molecule has 0 spiro atoms. The van der Waals surface area contributed by atoms with E-state index in [0.29, 0.717) is 0 Å². The number of aryl methyl sites for hydroxylation is 2. The van der Waals surface area contributed by atoms with Crippen LogP contribution in [-0.2, 0) is 5.41 Å². The first-order valence-corrected chi connectivity index (χ1v) is 7.57. The molecular weight excluding hydrogens is 312 g/mol. The van der Waals surface area contributed by atoms with E-state index in [2.05, 4.69) is 79.0 Å². The second-order valence-electron chi connectivity index (χ2n) is 6.22. The summed E-state index contributed by atoms with van der Waals surface area (Å²) < 4.78 is 1.03. The van der Waals surface area contributed by atoms with E-state index in [4.69, 9.17) is 0 Å². The Morgan fingerprint density at radius 3 is 2.35 bits per heavy atom. The Kier molecular flexibility index (Phi) is 4.19. The highest BCUT2D eigenvalue weighted by Crippen LogP contribution is 2.29. The Labute approximate surface area is 129 Å². The molecule has 1 aromatic carbocycles. The summed E-state index contributed by atoms with van der Waals surface area (Å²) in [5, 5.41) is 3.42. The lowest BCUT2D eigenvalue weighted by Gasteiger charge is -2.21. The van der Waals surface area contributed by atoms with Crippen LogP contribution < -0.4 is 5.32 Å². The maximum atomic E-state index is 4.41. The number of halogens is 1. The van der Waals surface area contributed by atoms with E-state index in [1.165, 1.54) is 16.7 Å². The highest BCUT2D eigenvalue weighted by atomic mass is 79.9. The minimum absolute atomic E-state index is 0.146. The minimum atomic E-state index is 0.146. The first kappa shape index (κ1) is 15.0. The summed E-state index contributed by atoms with van der Waals surface area (Å²) in [5.74, 6) is 0.875. The van der Waals surface area contributed by atoms with Gasteiger partial charge >= 0.3 is 0 Å². The van der Waals surface area contributed by atoms with E-state index < -0.39 is 0 Å². The SMILES string of the molecule is Cc1cc(Nc2cc(C(C)(C)C)ccc2C)ncc1Br. The quantitative estimate of drug-likeness (QED) is 0.785. The topological polar surface area (TPSA) is 24.9 Å². The molecule has 0 aliphatic heterocycles. The van der Waals surface area contributed by atoms with Gasteiger partial charge < -0.3 is 5.32 Å². The highest BCUT2D eigenvalue weighted by molar-refractivity contribution is 9.10. The van der Waals surface area contributed by atoms with Crippen molar-refractivity contribution in [3.05, 3.63) is 51.6 Å². The van der Waals surface area contributed by atoms with Crippen LogP contribution in [0, 0.1) is 13.8 Å². The molecule has 3 heteroatoms. The van der Waals surface area contributed by atoms with E-state index >= 15 is 0 Å². The van der Waals surface area contributed by atoms with Gasteiger partial charge in [0.1, 0.15) is 5.82 Å². The van der Waals surface area contributed by atoms with Crippen LogP contribution in [0.5, 0.6) is 0 Å². The van der Waals surface area contributed by atoms with Gasteiger partial charge in [-0.2, -0.15) is 0 Å². The van der Waals surface area contributed by atoms with Crippen LogP contribution in [0.2, 0.25) is 0 Å². The Hall–Kier alpha value is -1.35. The van der Waals surface area contributed by atoms with Gasteiger partial charge in [0.2, 0.25) is 0 Å². The van der Waals surface area contributed by atoms with Crippen molar-refractivity contribution in [2.24, 2.45) is 0 Å². The van der Waals surface area contributed by atoms with Crippen LogP contribution in [0.25, 0.3) is 0 Å². The van der Waals surface area contributed by atoms with Gasteiger partial charge in [-0.3, -0.25) is 0 Å². The highest BCUT2D eigenvalue weighted by Gasteiger charge is 2.14. The van der Waals surface area contributed by atoms with E-state index in [1.807, 2.05) is 12.3 Å². The van der Waals surface area contributed by atoms with Gasteiger partial charge in [0.05, 0.1) is 0 Å². The van der Waals surface area contributed by atoms with Gasteiger partial charge in [-0.05, 0) is 64.0 Å². The summed E-state index contributed by atoms with van der Waals surface area (Å²) in [6, 6.07) is 8.62. The number of nitrogens with one attached hydrogen (secondary N) is 1. The van der Waals surface area contributed by atoms with Crippen LogP contribution >= 0.6 is 15.9 Å². The van der Waals surface area contributed by atoms with Crippen molar-refractivity contribution in [2.45, 2.75) is 40.0 Å². The van der Waals surface area contributed by atoms with E-state index in [-0.39, 0.29) is 5.41 Å². The number of rotatable bonds is 2. The number of hydrogen-bond acceptors (Lipinski definition) is 2. The van der Waals surface area contributed by atoms with Crippen molar-refractivity contribution < 1.29 is 0 Å². The molecule has 0 saturated heterocycles. The van der Waals surface area contributed by atoms with Crippen molar-refractivity contribution in [1.82, 2.24) is 4.98 Å². The fourth-order valence-electron chi connectivity index (χ4n) is 1.97. The second-order valence-corrected chi connectivity index (χ2v) is 7.08. The number of benzene rings is 1. The molecule has 20 heavy (non-hydrogen) atoms. The largest absolute Gasteiger partial charge is 0.340 e. The third-order valence-corrected chi connectivity index (χ3v) is 4.24. The zero-order valence-electron chi connectivity index (χ0n) is 12.7. The zero-order chi connectivity index (χ0) is 14.9. The summed E-state index contributed by atoms with van der Waals surface area (Å²) in [6.07, 6.45) is 1.83. The molecule has 2 aromatic rings. The third-order valence-electron chi connectivity index (χ3n) is 3.41. The Morgan fingerprint density at radius 1 is 1.05 bits per heavy atom. The van der Waals surface area contributed by atoms with Gasteiger partial charge in [-0.15, -0.1) is 0 Å². The number of aromatic nitrogens is 1. The fourth-order valence-corrected chi connectivity index (χ4v) is 2.19. The number of anilines is 2. The Balaban J connectivity index is 2.35. The molecule has 1 aromatic heterocycles. The van der Waals surface area contributed by atoms with Gasteiger partial charge in [0, 0.05) is 16.4 Å². The molecule has 0 saturated carbocycles. The lowest BCUT2D eigenvalue weighted by atomic mass is 9.86. The third kappa shape index (κ3) is 3.40. The van der Waals surface area contributed by atoms with Crippen molar-refractivity contribution in [3.8, 4) is 0 Å². The standard InChI is InChI=1S/C17H21BrN2/c1-11-6-7-13(17(3,4)5)9-15(11)20-16-8-12(2)14(18)10-19-16/h6-10H,1-5H3,(H,19,20). The Morgan fingerprint density at radius 2 is 1.75 bits per heavy atom. The normalized spacial score (nSPS) is 11.5. The smallest absolute Gasteiger partial charge is 0.130 e. The van der Waals surface area contributed by atoms with Crippen LogP contribution in [-0.4, -0.2) is 4.98 Å². The molecule has 0 unspecified atom stereocenters. The molecule has 0 amide bonds. The molecule has 2 rings (SSSR count). The van der Waals surface area contributed by atoms with Gasteiger partial charge in [-0.25, -0.2) is 4.98 Å². The monoisotopic (exact) mass is 332 g/mol. The molecule has 0 radical (unpaired) electrons. The van der Waals surface area contributed by atoms with Gasteiger partial charge in [0.25, 0.3) is 0 Å². The van der Waals surface area contributed by atoms with Gasteiger partial charge in [-0.1, -0.05) is 32.9 Å². The number of hydrogen-bond donors (Lipinski definition) is 1. The molecular formula is C17H21BrN2. The molecule has 1 heterocycles. The van der Waals surface area contributed by atoms with Gasteiger partial charge in [0.15, 0.2) is 0 Å². The first-order chi connectivity index (χ1) is 9.27. The lowest BCUT2D eigenvalue weighted by Crippen LogP contribution is -2.11. The molecule has 0 bridgehead atoms. The second kappa shape index (κ2) is 5.57. The number of pyridine rings is 1. The van der Waals surface area contributed by atoms with Crippen molar-refractivity contribution in [3.63, 3.8) is 0 Å². The predicted molar refractivity (Wildman–Crippen MR) is 89.8 cm³/mol. The van der Waals surface area contributed by atoms with E-state index in [9.17, 15) is 0 Å². The maximum Gasteiger partial charge on any atom is 0.130 e. The molecule has 0 aliphatic carbocycles. The van der Waals surface area contributed by atoms with Crippen LogP contribution in [0.4, 0.5) is 11.5 Å². The maximum absolute atomic E-state index is 4.41. The first-order valence-electron chi connectivity index (χ1n) is 6.77. The lowest BCUT2D eigenvalue weighted by molar-refractivity contribution is 0.590. The summed E-state index contributed by atoms with van der Waals surface area (Å²) in [7, 11) is 0. The molecule has 2 nitrogen and oxygen atoms in total. The summed E-state index contributed by atoms with van der Waals surface area (Å²) in [6.45, 7) is 10.9. The summed E-state index contributed by atoms with van der Waals surface area (Å²) in [5.41, 5.74) is 4.98. The van der Waals surface area contributed by atoms with Crippen LogP contribution in [0.15, 0.2) is 34.9 Å². The molecule has 0 fully saturated rings. The van der Waals surface area contributed by atoms with Crippen LogP contribution in [0.1, 0.15) is 37.5 Å². The van der Waals surface area contributed by atoms with Crippen molar-refractivity contribution in [2.75, 3.05) is 5.32 Å². The molecule has 106 valence electrons. The van der Waals surface area contributed by atoms with E-state index in [0.717, 1.165) is 16.0 Å². The predicted octanol–water partition coefficient (Wildman–Crippen LogP) is 5.50. The molecule has 0 aliphatic rings. The average molecular weight is 333 g/mol. The zero-order valence-corrected chi connectivity index (χ0v) is 14.3. The average Bonchev–Trinajstić information content (AvgIpc) is 2.35. The fraction of sp³-hybridized carbons (Fsp3) is 0.353. The minimum Gasteiger partial charge on any atom is -0.340 e. The number of nitrogens with zero attached hydrogens (tertiary/aromatic N) is 1. The Bertz CT molecular complexity index is 627. The van der Waals surface area contributed by atoms with Crippen molar-refractivity contribution in [1.29, 1.82) is 0 Å². The molecule has 1 N–H and O–H groups in total. The van der Waals surface area contributed by atoms with Crippen molar-refractivity contribution >= 4 is 27.4 Å².